The van der Waals surface area contributed by atoms with Gasteiger partial charge in [-0.15, -0.1) is 12.4 Å². The summed E-state index contributed by atoms with van der Waals surface area (Å²) in [4.78, 5) is 0. The molecule has 0 bridgehead atoms. The van der Waals surface area contributed by atoms with Gasteiger partial charge in [0, 0.05) is 38.0 Å². The number of aromatic nitrogens is 4. The molecular weight excluding hydrogens is 262 g/mol. The fourth-order valence-electron chi connectivity index (χ4n) is 1.94. The van der Waals surface area contributed by atoms with Gasteiger partial charge >= 0.3 is 0 Å². The molecule has 0 spiro atoms. The first-order valence-electron chi connectivity index (χ1n) is 6.30. The van der Waals surface area contributed by atoms with Crippen LogP contribution in [0.2, 0.25) is 0 Å². The zero-order valence-corrected chi connectivity index (χ0v) is 12.7. The smallest absolute Gasteiger partial charge is 0.124 e. The van der Waals surface area contributed by atoms with E-state index in [9.17, 15) is 0 Å². The fraction of sp³-hybridized carbons (Fsp3) is 0.538. The maximum absolute atomic E-state index is 4.35. The van der Waals surface area contributed by atoms with Gasteiger partial charge in [0.1, 0.15) is 5.82 Å². The van der Waals surface area contributed by atoms with Gasteiger partial charge in [-0.25, -0.2) is 0 Å². The lowest BCUT2D eigenvalue weighted by Gasteiger charge is -2.05. The molecule has 0 amide bonds. The minimum Gasteiger partial charge on any atom is -0.366 e. The lowest BCUT2D eigenvalue weighted by Crippen LogP contribution is -2.05. The molecule has 2 aromatic rings. The third-order valence-corrected chi connectivity index (χ3v) is 2.71. The number of hydrogen-bond acceptors (Lipinski definition) is 3. The van der Waals surface area contributed by atoms with Gasteiger partial charge in [0.05, 0.1) is 11.9 Å². The van der Waals surface area contributed by atoms with Gasteiger partial charge in [0.2, 0.25) is 0 Å². The van der Waals surface area contributed by atoms with Crippen molar-refractivity contribution in [2.45, 2.75) is 33.9 Å². The van der Waals surface area contributed by atoms with Gasteiger partial charge in [-0.05, 0) is 12.8 Å². The first kappa shape index (κ1) is 15.6. The van der Waals surface area contributed by atoms with Gasteiger partial charge in [-0.2, -0.15) is 10.2 Å². The molecule has 0 saturated heterocycles. The Morgan fingerprint density at radius 1 is 1.37 bits per heavy atom. The van der Waals surface area contributed by atoms with Crippen molar-refractivity contribution in [3.63, 3.8) is 0 Å². The second-order valence-electron chi connectivity index (χ2n) is 5.11. The van der Waals surface area contributed by atoms with Gasteiger partial charge in [-0.1, -0.05) is 13.8 Å². The van der Waals surface area contributed by atoms with E-state index in [2.05, 4.69) is 35.6 Å². The maximum Gasteiger partial charge on any atom is 0.124 e. The number of halogens is 1. The van der Waals surface area contributed by atoms with Crippen LogP contribution in [0.4, 0.5) is 5.82 Å². The summed E-state index contributed by atoms with van der Waals surface area (Å²) in [5.41, 5.74) is 2.21. The minimum absolute atomic E-state index is 0. The molecule has 19 heavy (non-hydrogen) atoms. The predicted molar refractivity (Wildman–Crippen MR) is 79.6 cm³/mol. The third kappa shape index (κ3) is 4.28. The Labute approximate surface area is 120 Å². The molecule has 0 atom stereocenters. The van der Waals surface area contributed by atoms with E-state index in [1.54, 1.807) is 0 Å². The molecular formula is C13H22ClN5. The highest BCUT2D eigenvalue weighted by Crippen LogP contribution is 2.10. The van der Waals surface area contributed by atoms with Crippen LogP contribution in [0.25, 0.3) is 0 Å². The molecule has 0 aliphatic rings. The van der Waals surface area contributed by atoms with E-state index >= 15 is 0 Å². The van der Waals surface area contributed by atoms with Crippen molar-refractivity contribution in [3.05, 3.63) is 29.7 Å². The van der Waals surface area contributed by atoms with Crippen LogP contribution in [-0.2, 0) is 20.1 Å². The molecule has 6 heteroatoms. The van der Waals surface area contributed by atoms with Crippen molar-refractivity contribution in [1.82, 2.24) is 19.6 Å². The van der Waals surface area contributed by atoms with Crippen LogP contribution in [0.1, 0.15) is 25.1 Å². The van der Waals surface area contributed by atoms with Crippen LogP contribution in [0.15, 0.2) is 18.5 Å². The van der Waals surface area contributed by atoms with Gasteiger partial charge in [0.15, 0.2) is 0 Å². The van der Waals surface area contributed by atoms with Crippen molar-refractivity contribution < 1.29 is 0 Å². The summed E-state index contributed by atoms with van der Waals surface area (Å²) in [5, 5.41) is 12.0. The largest absolute Gasteiger partial charge is 0.366 e. The average Bonchev–Trinajstić information content (AvgIpc) is 2.82. The van der Waals surface area contributed by atoms with Crippen molar-refractivity contribution >= 4 is 18.2 Å². The summed E-state index contributed by atoms with van der Waals surface area (Å²) < 4.78 is 3.85. The van der Waals surface area contributed by atoms with E-state index < -0.39 is 0 Å². The number of aryl methyl sites for hydroxylation is 2. The van der Waals surface area contributed by atoms with E-state index in [0.29, 0.717) is 5.92 Å². The number of nitrogens with zero attached hydrogens (tertiary/aromatic N) is 4. The highest BCUT2D eigenvalue weighted by Gasteiger charge is 2.03. The summed E-state index contributed by atoms with van der Waals surface area (Å²) in [6, 6.07) is 2.04. The Morgan fingerprint density at radius 3 is 2.68 bits per heavy atom. The molecule has 0 fully saturated rings. The molecule has 1 N–H and O–H groups in total. The summed E-state index contributed by atoms with van der Waals surface area (Å²) in [7, 11) is 1.94. The van der Waals surface area contributed by atoms with E-state index in [0.717, 1.165) is 24.6 Å². The third-order valence-electron chi connectivity index (χ3n) is 2.71. The zero-order valence-electron chi connectivity index (χ0n) is 11.9. The number of nitrogens with one attached hydrogen (secondary N) is 1. The highest BCUT2D eigenvalue weighted by atomic mass is 35.5. The van der Waals surface area contributed by atoms with Gasteiger partial charge < -0.3 is 5.32 Å². The Kier molecular flexibility index (Phi) is 5.42. The molecule has 0 unspecified atom stereocenters. The van der Waals surface area contributed by atoms with E-state index in [-0.39, 0.29) is 12.4 Å². The highest BCUT2D eigenvalue weighted by molar-refractivity contribution is 5.85. The average molecular weight is 284 g/mol. The predicted octanol–water partition coefficient (Wildman–Crippen LogP) is 2.61. The SMILES string of the molecule is Cc1cc(NCc2cnn(CC(C)C)c2)n(C)n1.Cl. The maximum atomic E-state index is 4.35. The van der Waals surface area contributed by atoms with Crippen LogP contribution < -0.4 is 5.32 Å². The van der Waals surface area contributed by atoms with Crippen molar-refractivity contribution in [2.24, 2.45) is 13.0 Å². The summed E-state index contributed by atoms with van der Waals surface area (Å²) in [6.07, 6.45) is 4.01. The normalized spacial score (nSPS) is 10.6. The molecule has 0 aliphatic carbocycles. The van der Waals surface area contributed by atoms with Crippen LogP contribution >= 0.6 is 12.4 Å². The summed E-state index contributed by atoms with van der Waals surface area (Å²) >= 11 is 0. The second-order valence-corrected chi connectivity index (χ2v) is 5.11. The van der Waals surface area contributed by atoms with E-state index in [1.807, 2.05) is 35.6 Å². The molecule has 2 heterocycles. The Hall–Kier alpha value is -1.49. The molecule has 0 radical (unpaired) electrons. The summed E-state index contributed by atoms with van der Waals surface area (Å²) in [6.45, 7) is 8.11. The second kappa shape index (κ2) is 6.61. The van der Waals surface area contributed by atoms with E-state index in [4.69, 9.17) is 0 Å². The summed E-state index contributed by atoms with van der Waals surface area (Å²) in [5.74, 6) is 1.65. The van der Waals surface area contributed by atoms with Crippen LogP contribution in [0, 0.1) is 12.8 Å². The van der Waals surface area contributed by atoms with Crippen molar-refractivity contribution in [1.29, 1.82) is 0 Å². The molecule has 0 saturated carbocycles. The Morgan fingerprint density at radius 2 is 2.11 bits per heavy atom. The number of hydrogen-bond donors (Lipinski definition) is 1. The lowest BCUT2D eigenvalue weighted by molar-refractivity contribution is 0.483. The minimum atomic E-state index is 0. The first-order chi connectivity index (χ1) is 8.54. The molecule has 106 valence electrons. The number of rotatable bonds is 5. The van der Waals surface area contributed by atoms with Crippen LogP contribution in [-0.4, -0.2) is 19.6 Å². The Bertz CT molecular complexity index is 515. The molecule has 2 aromatic heterocycles. The van der Waals surface area contributed by atoms with Gasteiger partial charge in [-0.3, -0.25) is 9.36 Å². The van der Waals surface area contributed by atoms with Crippen molar-refractivity contribution in [3.8, 4) is 0 Å². The van der Waals surface area contributed by atoms with Crippen LogP contribution in [0.5, 0.6) is 0 Å². The van der Waals surface area contributed by atoms with Crippen molar-refractivity contribution in [2.75, 3.05) is 5.32 Å². The topological polar surface area (TPSA) is 47.7 Å². The fourth-order valence-corrected chi connectivity index (χ4v) is 1.94. The standard InChI is InChI=1S/C13H21N5.ClH/c1-10(2)8-18-9-12(7-15-18)6-14-13-5-11(3)16-17(13)4;/h5,7,9-10,14H,6,8H2,1-4H3;1H. The molecule has 2 rings (SSSR count). The quantitative estimate of drug-likeness (QED) is 0.918. The molecule has 0 aliphatic heterocycles. The first-order valence-corrected chi connectivity index (χ1v) is 6.30. The van der Waals surface area contributed by atoms with Gasteiger partial charge in [0.25, 0.3) is 0 Å². The molecule has 5 nitrogen and oxygen atoms in total. The monoisotopic (exact) mass is 283 g/mol. The number of anilines is 1. The Balaban J connectivity index is 0.00000180. The van der Waals surface area contributed by atoms with E-state index in [1.165, 1.54) is 5.56 Å². The van der Waals surface area contributed by atoms with Crippen LogP contribution in [0.3, 0.4) is 0 Å². The lowest BCUT2D eigenvalue weighted by atomic mass is 10.2. The zero-order chi connectivity index (χ0) is 13.1. The molecule has 0 aromatic carbocycles.